The summed E-state index contributed by atoms with van der Waals surface area (Å²) in [6.07, 6.45) is 0.831. The van der Waals surface area contributed by atoms with Gasteiger partial charge >= 0.3 is 0 Å². The second kappa shape index (κ2) is 5.01. The van der Waals surface area contributed by atoms with Gasteiger partial charge in [0.15, 0.2) is 0 Å². The molecule has 2 N–H and O–H groups in total. The van der Waals surface area contributed by atoms with Gasteiger partial charge in [0.05, 0.1) is 11.6 Å². The number of benzene rings is 1. The molecular weight excluding hydrogens is 248 g/mol. The van der Waals surface area contributed by atoms with Crippen molar-refractivity contribution in [2.24, 2.45) is 0 Å². The quantitative estimate of drug-likeness (QED) is 0.908. The van der Waals surface area contributed by atoms with E-state index >= 15 is 0 Å². The molecule has 0 radical (unpaired) electrons. The molecule has 2 rings (SSSR count). The first kappa shape index (κ1) is 14.1. The van der Waals surface area contributed by atoms with E-state index in [4.69, 9.17) is 11.0 Å². The van der Waals surface area contributed by atoms with Crippen molar-refractivity contribution in [2.45, 2.75) is 39.7 Å². The van der Waals surface area contributed by atoms with Crippen molar-refractivity contribution in [1.29, 1.82) is 5.26 Å². The molecule has 1 aromatic carbocycles. The smallest absolute Gasteiger partial charge is 0.132 e. The number of imidazole rings is 1. The standard InChI is InChI=1S/C16H20N4/c1-5-13-19-14(15(18)20(13)16(2,3)4)12-8-6-11(10-17)7-9-12/h6-9H,5,18H2,1-4H3. The summed E-state index contributed by atoms with van der Waals surface area (Å²) in [6, 6.07) is 9.48. The first-order valence-corrected chi connectivity index (χ1v) is 6.76. The SMILES string of the molecule is CCc1nc(-c2ccc(C#N)cc2)c(N)n1C(C)(C)C. The maximum absolute atomic E-state index is 8.85. The highest BCUT2D eigenvalue weighted by Crippen LogP contribution is 2.31. The van der Waals surface area contributed by atoms with Gasteiger partial charge in [-0.2, -0.15) is 5.26 Å². The zero-order valence-corrected chi connectivity index (χ0v) is 12.4. The van der Waals surface area contributed by atoms with Crippen molar-refractivity contribution in [3.63, 3.8) is 0 Å². The lowest BCUT2D eigenvalue weighted by Gasteiger charge is -2.24. The van der Waals surface area contributed by atoms with Crippen LogP contribution >= 0.6 is 0 Å². The summed E-state index contributed by atoms with van der Waals surface area (Å²) >= 11 is 0. The molecule has 1 heterocycles. The third kappa shape index (κ3) is 2.39. The van der Waals surface area contributed by atoms with Gasteiger partial charge in [-0.3, -0.25) is 0 Å². The van der Waals surface area contributed by atoms with Crippen LogP contribution in [0.3, 0.4) is 0 Å². The van der Waals surface area contributed by atoms with Gasteiger partial charge in [-0.15, -0.1) is 0 Å². The summed E-state index contributed by atoms with van der Waals surface area (Å²) in [4.78, 5) is 4.68. The predicted molar refractivity (Wildman–Crippen MR) is 81.2 cm³/mol. The molecule has 0 spiro atoms. The fourth-order valence-electron chi connectivity index (χ4n) is 2.38. The molecule has 104 valence electrons. The lowest BCUT2D eigenvalue weighted by atomic mass is 10.1. The number of nitriles is 1. The van der Waals surface area contributed by atoms with Gasteiger partial charge in [0.2, 0.25) is 0 Å². The number of nitrogens with zero attached hydrogens (tertiary/aromatic N) is 3. The van der Waals surface area contributed by atoms with Crippen LogP contribution in [0, 0.1) is 11.3 Å². The highest BCUT2D eigenvalue weighted by atomic mass is 15.2. The first-order chi connectivity index (χ1) is 9.38. The second-order valence-electron chi connectivity index (χ2n) is 5.81. The van der Waals surface area contributed by atoms with E-state index in [9.17, 15) is 0 Å². The van der Waals surface area contributed by atoms with E-state index in [1.165, 1.54) is 0 Å². The Bertz CT molecular complexity index is 652. The summed E-state index contributed by atoms with van der Waals surface area (Å²) in [7, 11) is 0. The minimum atomic E-state index is -0.104. The maximum atomic E-state index is 8.85. The number of nitrogen functional groups attached to an aromatic ring is 1. The number of hydrogen-bond donors (Lipinski definition) is 1. The number of nitrogens with two attached hydrogens (primary N) is 1. The van der Waals surface area contributed by atoms with Crippen molar-refractivity contribution >= 4 is 5.82 Å². The Morgan fingerprint density at radius 3 is 2.25 bits per heavy atom. The number of anilines is 1. The second-order valence-corrected chi connectivity index (χ2v) is 5.81. The van der Waals surface area contributed by atoms with Crippen LogP contribution in [0.5, 0.6) is 0 Å². The molecule has 0 aliphatic rings. The lowest BCUT2D eigenvalue weighted by Crippen LogP contribution is -2.25. The van der Waals surface area contributed by atoms with Crippen LogP contribution < -0.4 is 5.73 Å². The highest BCUT2D eigenvalue weighted by molar-refractivity contribution is 5.71. The summed E-state index contributed by atoms with van der Waals surface area (Å²) in [5.74, 6) is 1.66. The molecule has 0 saturated heterocycles. The molecule has 20 heavy (non-hydrogen) atoms. The summed E-state index contributed by atoms with van der Waals surface area (Å²) in [6.45, 7) is 8.43. The van der Waals surface area contributed by atoms with Crippen LogP contribution in [-0.4, -0.2) is 9.55 Å². The van der Waals surface area contributed by atoms with Gasteiger partial charge in [0, 0.05) is 17.5 Å². The fraction of sp³-hybridized carbons (Fsp3) is 0.375. The van der Waals surface area contributed by atoms with Crippen molar-refractivity contribution in [1.82, 2.24) is 9.55 Å². The lowest BCUT2D eigenvalue weighted by molar-refractivity contribution is 0.389. The maximum Gasteiger partial charge on any atom is 0.132 e. The van der Waals surface area contributed by atoms with Crippen LogP contribution in [0.15, 0.2) is 24.3 Å². The topological polar surface area (TPSA) is 67.6 Å². The zero-order chi connectivity index (χ0) is 14.9. The molecule has 2 aromatic rings. The Balaban J connectivity index is 2.58. The number of aryl methyl sites for hydroxylation is 1. The molecule has 4 heteroatoms. The highest BCUT2D eigenvalue weighted by Gasteiger charge is 2.23. The van der Waals surface area contributed by atoms with Gasteiger partial charge in [-0.1, -0.05) is 19.1 Å². The number of rotatable bonds is 2. The first-order valence-electron chi connectivity index (χ1n) is 6.76. The number of aromatic nitrogens is 2. The summed E-state index contributed by atoms with van der Waals surface area (Å²) < 4.78 is 2.08. The zero-order valence-electron chi connectivity index (χ0n) is 12.4. The Morgan fingerprint density at radius 1 is 1.25 bits per heavy atom. The third-order valence-electron chi connectivity index (χ3n) is 3.26. The minimum absolute atomic E-state index is 0.104. The van der Waals surface area contributed by atoms with Gasteiger partial charge in [-0.05, 0) is 32.9 Å². The Morgan fingerprint density at radius 2 is 1.85 bits per heavy atom. The van der Waals surface area contributed by atoms with Crippen LogP contribution in [-0.2, 0) is 12.0 Å². The van der Waals surface area contributed by atoms with E-state index < -0.39 is 0 Å². The molecule has 0 amide bonds. The van der Waals surface area contributed by atoms with Crippen LogP contribution in [0.1, 0.15) is 39.1 Å². The summed E-state index contributed by atoms with van der Waals surface area (Å²) in [5.41, 5.74) is 8.57. The van der Waals surface area contributed by atoms with Crippen molar-refractivity contribution in [3.8, 4) is 17.3 Å². The number of hydrogen-bond acceptors (Lipinski definition) is 3. The van der Waals surface area contributed by atoms with E-state index in [0.29, 0.717) is 11.4 Å². The van der Waals surface area contributed by atoms with Gasteiger partial charge in [0.1, 0.15) is 17.3 Å². The molecule has 0 atom stereocenters. The molecule has 1 aromatic heterocycles. The monoisotopic (exact) mass is 268 g/mol. The molecule has 0 fully saturated rings. The predicted octanol–water partition coefficient (Wildman–Crippen LogP) is 3.32. The van der Waals surface area contributed by atoms with Gasteiger partial charge in [-0.25, -0.2) is 4.98 Å². The average molecular weight is 268 g/mol. The Kier molecular flexibility index (Phi) is 3.54. The summed E-state index contributed by atoms with van der Waals surface area (Å²) in [5, 5.41) is 8.85. The molecule has 0 bridgehead atoms. The van der Waals surface area contributed by atoms with Crippen molar-refractivity contribution in [2.75, 3.05) is 5.73 Å². The van der Waals surface area contributed by atoms with Crippen LogP contribution in [0.4, 0.5) is 5.82 Å². The molecule has 0 saturated carbocycles. The van der Waals surface area contributed by atoms with Crippen LogP contribution in [0.2, 0.25) is 0 Å². The Hall–Kier alpha value is -2.28. The fourth-order valence-corrected chi connectivity index (χ4v) is 2.38. The molecule has 4 nitrogen and oxygen atoms in total. The van der Waals surface area contributed by atoms with E-state index in [-0.39, 0.29) is 5.54 Å². The van der Waals surface area contributed by atoms with E-state index in [0.717, 1.165) is 23.5 Å². The van der Waals surface area contributed by atoms with E-state index in [1.54, 1.807) is 12.1 Å². The van der Waals surface area contributed by atoms with Gasteiger partial charge < -0.3 is 10.3 Å². The average Bonchev–Trinajstić information content (AvgIpc) is 2.75. The van der Waals surface area contributed by atoms with E-state index in [1.807, 2.05) is 12.1 Å². The minimum Gasteiger partial charge on any atom is -0.383 e. The van der Waals surface area contributed by atoms with Crippen molar-refractivity contribution < 1.29 is 0 Å². The Labute approximate surface area is 119 Å². The van der Waals surface area contributed by atoms with E-state index in [2.05, 4.69) is 43.3 Å². The van der Waals surface area contributed by atoms with Crippen LogP contribution in [0.25, 0.3) is 11.3 Å². The normalized spacial score (nSPS) is 11.3. The molecular formula is C16H20N4. The largest absolute Gasteiger partial charge is 0.383 e. The molecule has 0 aliphatic carbocycles. The molecule has 0 aliphatic heterocycles. The van der Waals surface area contributed by atoms with Crippen molar-refractivity contribution in [3.05, 3.63) is 35.7 Å². The molecule has 0 unspecified atom stereocenters. The third-order valence-corrected chi connectivity index (χ3v) is 3.26. The van der Waals surface area contributed by atoms with Gasteiger partial charge in [0.25, 0.3) is 0 Å².